The van der Waals surface area contributed by atoms with Crippen LogP contribution in [-0.2, 0) is 4.79 Å². The first-order valence-corrected chi connectivity index (χ1v) is 4.47. The Morgan fingerprint density at radius 2 is 2.29 bits per heavy atom. The Bertz CT molecular complexity index is 290. The van der Waals surface area contributed by atoms with Crippen LogP contribution in [0.25, 0.3) is 0 Å². The fourth-order valence-electron chi connectivity index (χ4n) is 1.22. The molecule has 0 spiro atoms. The van der Waals surface area contributed by atoms with E-state index in [1.165, 1.54) is 0 Å². The van der Waals surface area contributed by atoms with Gasteiger partial charge in [-0.25, -0.2) is 4.99 Å². The summed E-state index contributed by atoms with van der Waals surface area (Å²) in [5.41, 5.74) is 10.3. The molecule has 0 aromatic carbocycles. The molecule has 1 unspecified atom stereocenters. The van der Waals surface area contributed by atoms with Crippen molar-refractivity contribution >= 4 is 17.8 Å². The molecule has 14 heavy (non-hydrogen) atoms. The average molecular weight is 197 g/mol. The SMILES string of the molecule is CC(C)CC1N=C(N=C(N)N)NC1=O. The minimum atomic E-state index is -0.354. The molecule has 0 fully saturated rings. The lowest BCUT2D eigenvalue weighted by atomic mass is 10.0. The minimum Gasteiger partial charge on any atom is -0.370 e. The average Bonchev–Trinajstić information content (AvgIpc) is 2.28. The van der Waals surface area contributed by atoms with Gasteiger partial charge in [-0.3, -0.25) is 10.1 Å². The first kappa shape index (κ1) is 10.5. The van der Waals surface area contributed by atoms with Crippen molar-refractivity contribution in [3.05, 3.63) is 0 Å². The summed E-state index contributed by atoms with van der Waals surface area (Å²) in [5, 5.41) is 2.50. The van der Waals surface area contributed by atoms with Crippen LogP contribution in [0.2, 0.25) is 0 Å². The lowest BCUT2D eigenvalue weighted by Gasteiger charge is -2.06. The molecule has 1 atom stereocenters. The topological polar surface area (TPSA) is 106 Å². The number of carbonyl (C=O) groups is 1. The predicted octanol–water partition coefficient (Wildman–Crippen LogP) is -0.840. The Kier molecular flexibility index (Phi) is 3.06. The molecule has 6 heteroatoms. The van der Waals surface area contributed by atoms with Gasteiger partial charge >= 0.3 is 0 Å². The van der Waals surface area contributed by atoms with Gasteiger partial charge in [-0.1, -0.05) is 13.8 Å². The minimum absolute atomic E-state index is 0.103. The van der Waals surface area contributed by atoms with Crippen molar-refractivity contribution in [2.75, 3.05) is 0 Å². The lowest BCUT2D eigenvalue weighted by molar-refractivity contribution is -0.120. The van der Waals surface area contributed by atoms with E-state index in [4.69, 9.17) is 11.5 Å². The molecule has 1 heterocycles. The molecule has 0 saturated carbocycles. The number of nitrogens with one attached hydrogen (secondary N) is 1. The highest BCUT2D eigenvalue weighted by Gasteiger charge is 2.26. The molecule has 0 aliphatic carbocycles. The largest absolute Gasteiger partial charge is 0.370 e. The van der Waals surface area contributed by atoms with E-state index < -0.39 is 0 Å². The van der Waals surface area contributed by atoms with E-state index in [0.29, 0.717) is 12.3 Å². The molecular weight excluding hydrogens is 182 g/mol. The molecule has 0 saturated heterocycles. The second-order valence-electron chi connectivity index (χ2n) is 3.62. The van der Waals surface area contributed by atoms with Crippen molar-refractivity contribution in [3.63, 3.8) is 0 Å². The molecule has 6 nitrogen and oxygen atoms in total. The molecule has 1 aliphatic heterocycles. The van der Waals surface area contributed by atoms with E-state index in [1.54, 1.807) is 0 Å². The summed E-state index contributed by atoms with van der Waals surface area (Å²) in [6.07, 6.45) is 0.704. The number of amides is 1. The van der Waals surface area contributed by atoms with Gasteiger partial charge in [0.05, 0.1) is 0 Å². The van der Waals surface area contributed by atoms with Gasteiger partial charge in [0.1, 0.15) is 6.04 Å². The third kappa shape index (κ3) is 2.72. The van der Waals surface area contributed by atoms with E-state index in [0.717, 1.165) is 0 Å². The van der Waals surface area contributed by atoms with Gasteiger partial charge in [0.15, 0.2) is 5.96 Å². The van der Waals surface area contributed by atoms with E-state index in [9.17, 15) is 4.79 Å². The van der Waals surface area contributed by atoms with Gasteiger partial charge in [0, 0.05) is 0 Å². The highest BCUT2D eigenvalue weighted by Crippen LogP contribution is 2.12. The summed E-state index contributed by atoms with van der Waals surface area (Å²) >= 11 is 0. The summed E-state index contributed by atoms with van der Waals surface area (Å²) in [6, 6.07) is -0.354. The van der Waals surface area contributed by atoms with Gasteiger partial charge in [-0.15, -0.1) is 0 Å². The van der Waals surface area contributed by atoms with E-state index in [-0.39, 0.29) is 23.9 Å². The third-order valence-electron chi connectivity index (χ3n) is 1.75. The number of carbonyl (C=O) groups excluding carboxylic acids is 1. The van der Waals surface area contributed by atoms with E-state index in [1.807, 2.05) is 13.8 Å². The monoisotopic (exact) mass is 197 g/mol. The maximum atomic E-state index is 11.3. The predicted molar refractivity (Wildman–Crippen MR) is 54.6 cm³/mol. The molecule has 1 amide bonds. The van der Waals surface area contributed by atoms with Crippen LogP contribution in [-0.4, -0.2) is 23.9 Å². The van der Waals surface area contributed by atoms with Crippen LogP contribution in [0.15, 0.2) is 9.98 Å². The molecule has 5 N–H and O–H groups in total. The second-order valence-corrected chi connectivity index (χ2v) is 3.62. The van der Waals surface area contributed by atoms with Crippen LogP contribution in [0.3, 0.4) is 0 Å². The zero-order valence-electron chi connectivity index (χ0n) is 8.32. The summed E-state index contributed by atoms with van der Waals surface area (Å²) in [4.78, 5) is 19.1. The molecular formula is C8H15N5O. The second kappa shape index (κ2) is 4.08. The molecule has 0 aromatic heterocycles. The number of nitrogens with zero attached hydrogens (tertiary/aromatic N) is 2. The Balaban J connectivity index is 2.67. The Labute approximate surface area is 82.5 Å². The number of hydrogen-bond acceptors (Lipinski definition) is 3. The molecule has 1 rings (SSSR count). The third-order valence-corrected chi connectivity index (χ3v) is 1.75. The first-order valence-electron chi connectivity index (χ1n) is 4.47. The summed E-state index contributed by atoms with van der Waals surface area (Å²) in [5.74, 6) is 0.377. The number of rotatable bonds is 2. The zero-order valence-corrected chi connectivity index (χ0v) is 8.32. The van der Waals surface area contributed by atoms with Crippen molar-refractivity contribution in [1.82, 2.24) is 5.32 Å². The maximum absolute atomic E-state index is 11.3. The number of guanidine groups is 2. The van der Waals surface area contributed by atoms with Crippen molar-refractivity contribution in [1.29, 1.82) is 0 Å². The quantitative estimate of drug-likeness (QED) is 0.397. The van der Waals surface area contributed by atoms with Gasteiger partial charge < -0.3 is 11.5 Å². The van der Waals surface area contributed by atoms with Crippen LogP contribution in [0.4, 0.5) is 0 Å². The fourth-order valence-corrected chi connectivity index (χ4v) is 1.22. The molecule has 0 bridgehead atoms. The van der Waals surface area contributed by atoms with Gasteiger partial charge in [0.25, 0.3) is 5.91 Å². The lowest BCUT2D eigenvalue weighted by Crippen LogP contribution is -2.31. The van der Waals surface area contributed by atoms with Gasteiger partial charge in [0.2, 0.25) is 5.96 Å². The molecule has 1 aliphatic rings. The smallest absolute Gasteiger partial charge is 0.251 e. The fraction of sp³-hybridized carbons (Fsp3) is 0.625. The number of nitrogens with two attached hydrogens (primary N) is 2. The Morgan fingerprint density at radius 3 is 2.79 bits per heavy atom. The first-order chi connectivity index (χ1) is 6.49. The Hall–Kier alpha value is -1.59. The van der Waals surface area contributed by atoms with Crippen molar-refractivity contribution in [2.24, 2.45) is 27.4 Å². The molecule has 0 aromatic rings. The molecule has 78 valence electrons. The zero-order chi connectivity index (χ0) is 10.7. The summed E-state index contributed by atoms with van der Waals surface area (Å²) in [6.45, 7) is 4.06. The normalized spacial score (nSPS) is 20.6. The van der Waals surface area contributed by atoms with Gasteiger partial charge in [-0.2, -0.15) is 4.99 Å². The van der Waals surface area contributed by atoms with Crippen molar-refractivity contribution < 1.29 is 4.79 Å². The van der Waals surface area contributed by atoms with E-state index in [2.05, 4.69) is 15.3 Å². The number of aliphatic imine (C=N–C) groups is 2. The standard InChI is InChI=1S/C8H15N5O/c1-4(2)3-5-6(14)12-8(11-5)13-7(9)10/h4-5H,3H2,1-2H3,(H5,9,10,11,12,13,14). The van der Waals surface area contributed by atoms with Crippen molar-refractivity contribution in [2.45, 2.75) is 26.3 Å². The maximum Gasteiger partial charge on any atom is 0.251 e. The van der Waals surface area contributed by atoms with Gasteiger partial charge in [-0.05, 0) is 12.3 Å². The summed E-state index contributed by atoms with van der Waals surface area (Å²) in [7, 11) is 0. The highest BCUT2D eigenvalue weighted by atomic mass is 16.2. The van der Waals surface area contributed by atoms with Crippen LogP contribution < -0.4 is 16.8 Å². The van der Waals surface area contributed by atoms with Crippen LogP contribution in [0.1, 0.15) is 20.3 Å². The van der Waals surface area contributed by atoms with Crippen LogP contribution >= 0.6 is 0 Å². The molecule has 0 radical (unpaired) electrons. The number of hydrogen-bond donors (Lipinski definition) is 3. The Morgan fingerprint density at radius 1 is 1.64 bits per heavy atom. The van der Waals surface area contributed by atoms with Crippen LogP contribution in [0, 0.1) is 5.92 Å². The highest BCUT2D eigenvalue weighted by molar-refractivity contribution is 6.08. The van der Waals surface area contributed by atoms with E-state index >= 15 is 0 Å². The van der Waals surface area contributed by atoms with Crippen molar-refractivity contribution in [3.8, 4) is 0 Å². The summed E-state index contributed by atoms with van der Waals surface area (Å²) < 4.78 is 0. The van der Waals surface area contributed by atoms with Crippen LogP contribution in [0.5, 0.6) is 0 Å².